The summed E-state index contributed by atoms with van der Waals surface area (Å²) in [5, 5.41) is 8.83. The van der Waals surface area contributed by atoms with Crippen molar-refractivity contribution in [2.75, 3.05) is 6.54 Å². The van der Waals surface area contributed by atoms with Crippen molar-refractivity contribution in [3.8, 4) is 0 Å². The third kappa shape index (κ3) is 2.53. The predicted octanol–water partition coefficient (Wildman–Crippen LogP) is 0.592. The Labute approximate surface area is 82.8 Å². The van der Waals surface area contributed by atoms with Crippen molar-refractivity contribution in [1.82, 2.24) is 4.98 Å². The Hall–Kier alpha value is -1.42. The van der Waals surface area contributed by atoms with Crippen LogP contribution in [0.5, 0.6) is 0 Å². The van der Waals surface area contributed by atoms with E-state index in [1.807, 2.05) is 13.0 Å². The molecule has 0 saturated heterocycles. The molecule has 0 amide bonds. The quantitative estimate of drug-likeness (QED) is 0.735. The monoisotopic (exact) mass is 194 g/mol. The van der Waals surface area contributed by atoms with Gasteiger partial charge in [0.15, 0.2) is 0 Å². The molecule has 4 nitrogen and oxygen atoms in total. The zero-order valence-electron chi connectivity index (χ0n) is 8.10. The second-order valence-electron chi connectivity index (χ2n) is 3.28. The molecule has 0 fully saturated rings. The van der Waals surface area contributed by atoms with Crippen molar-refractivity contribution in [3.05, 3.63) is 29.6 Å². The number of aromatic nitrogens is 1. The summed E-state index contributed by atoms with van der Waals surface area (Å²) in [6.07, 6.45) is 3.84. The van der Waals surface area contributed by atoms with Crippen molar-refractivity contribution in [2.45, 2.75) is 13.3 Å². The van der Waals surface area contributed by atoms with Crippen molar-refractivity contribution in [2.24, 2.45) is 11.7 Å². The summed E-state index contributed by atoms with van der Waals surface area (Å²) in [4.78, 5) is 14.7. The third-order valence-corrected chi connectivity index (χ3v) is 2.25. The number of aryl methyl sites for hydroxylation is 1. The lowest BCUT2D eigenvalue weighted by Gasteiger charge is -2.10. The van der Waals surface area contributed by atoms with Gasteiger partial charge in [-0.05, 0) is 30.5 Å². The van der Waals surface area contributed by atoms with E-state index < -0.39 is 11.9 Å². The first kappa shape index (κ1) is 10.7. The minimum absolute atomic E-state index is 0.156. The molecule has 76 valence electrons. The molecular formula is C10H14N2O2. The first-order valence-corrected chi connectivity index (χ1v) is 4.47. The van der Waals surface area contributed by atoms with Gasteiger partial charge in [-0.1, -0.05) is 0 Å². The van der Waals surface area contributed by atoms with Gasteiger partial charge in [0.1, 0.15) is 0 Å². The molecule has 1 unspecified atom stereocenters. The standard InChI is InChI=1S/C10H14N2O2/c1-7-2-3-12-6-9(7)4-8(5-11)10(13)14/h2-3,6,8H,4-5,11H2,1H3,(H,13,14). The van der Waals surface area contributed by atoms with Gasteiger partial charge in [0.25, 0.3) is 0 Å². The van der Waals surface area contributed by atoms with Gasteiger partial charge < -0.3 is 10.8 Å². The SMILES string of the molecule is Cc1ccncc1CC(CN)C(=O)O. The summed E-state index contributed by atoms with van der Waals surface area (Å²) in [7, 11) is 0. The van der Waals surface area contributed by atoms with Crippen LogP contribution in [0.2, 0.25) is 0 Å². The molecule has 0 aliphatic heterocycles. The van der Waals surface area contributed by atoms with E-state index in [2.05, 4.69) is 4.98 Å². The lowest BCUT2D eigenvalue weighted by atomic mass is 9.98. The van der Waals surface area contributed by atoms with Gasteiger partial charge >= 0.3 is 5.97 Å². The number of aliphatic carboxylic acids is 1. The lowest BCUT2D eigenvalue weighted by molar-refractivity contribution is -0.141. The van der Waals surface area contributed by atoms with E-state index in [9.17, 15) is 4.79 Å². The number of carbonyl (C=O) groups is 1. The van der Waals surface area contributed by atoms with Gasteiger partial charge in [0.05, 0.1) is 5.92 Å². The van der Waals surface area contributed by atoms with Crippen LogP contribution in [0, 0.1) is 12.8 Å². The van der Waals surface area contributed by atoms with Crippen molar-refractivity contribution in [1.29, 1.82) is 0 Å². The molecule has 0 aliphatic rings. The zero-order valence-corrected chi connectivity index (χ0v) is 8.10. The Bertz CT molecular complexity index is 326. The Morgan fingerprint density at radius 3 is 2.93 bits per heavy atom. The van der Waals surface area contributed by atoms with Crippen molar-refractivity contribution in [3.63, 3.8) is 0 Å². The van der Waals surface area contributed by atoms with Gasteiger partial charge in [-0.2, -0.15) is 0 Å². The molecule has 0 bridgehead atoms. The Morgan fingerprint density at radius 1 is 1.71 bits per heavy atom. The number of nitrogens with two attached hydrogens (primary N) is 1. The summed E-state index contributed by atoms with van der Waals surface area (Å²) in [6, 6.07) is 1.87. The first-order valence-electron chi connectivity index (χ1n) is 4.47. The van der Waals surface area contributed by atoms with E-state index in [1.54, 1.807) is 12.4 Å². The van der Waals surface area contributed by atoms with E-state index in [0.717, 1.165) is 11.1 Å². The summed E-state index contributed by atoms with van der Waals surface area (Å²) in [6.45, 7) is 2.09. The van der Waals surface area contributed by atoms with Crippen LogP contribution in [-0.2, 0) is 11.2 Å². The minimum Gasteiger partial charge on any atom is -0.481 e. The van der Waals surface area contributed by atoms with E-state index in [4.69, 9.17) is 10.8 Å². The molecule has 1 aromatic rings. The van der Waals surface area contributed by atoms with Gasteiger partial charge in [0.2, 0.25) is 0 Å². The van der Waals surface area contributed by atoms with Gasteiger partial charge in [-0.15, -0.1) is 0 Å². The van der Waals surface area contributed by atoms with E-state index in [0.29, 0.717) is 6.42 Å². The number of nitrogens with zero attached hydrogens (tertiary/aromatic N) is 1. The fourth-order valence-electron chi connectivity index (χ4n) is 1.25. The third-order valence-electron chi connectivity index (χ3n) is 2.25. The van der Waals surface area contributed by atoms with Crippen LogP contribution < -0.4 is 5.73 Å². The topological polar surface area (TPSA) is 76.2 Å². The highest BCUT2D eigenvalue weighted by Gasteiger charge is 2.16. The highest BCUT2D eigenvalue weighted by molar-refractivity contribution is 5.70. The Morgan fingerprint density at radius 2 is 2.43 bits per heavy atom. The van der Waals surface area contributed by atoms with Gasteiger partial charge in [0, 0.05) is 18.9 Å². The van der Waals surface area contributed by atoms with Crippen molar-refractivity contribution >= 4 is 5.97 Å². The molecule has 0 radical (unpaired) electrons. The maximum Gasteiger partial charge on any atom is 0.308 e. The maximum absolute atomic E-state index is 10.7. The Kier molecular flexibility index (Phi) is 3.59. The molecule has 1 atom stereocenters. The van der Waals surface area contributed by atoms with Crippen LogP contribution in [-0.4, -0.2) is 22.6 Å². The van der Waals surface area contributed by atoms with Crippen LogP contribution in [0.1, 0.15) is 11.1 Å². The van der Waals surface area contributed by atoms with Crippen molar-refractivity contribution < 1.29 is 9.90 Å². The number of rotatable bonds is 4. The fourth-order valence-corrected chi connectivity index (χ4v) is 1.25. The fraction of sp³-hybridized carbons (Fsp3) is 0.400. The first-order chi connectivity index (χ1) is 6.65. The van der Waals surface area contributed by atoms with Crippen LogP contribution in [0.3, 0.4) is 0 Å². The molecular weight excluding hydrogens is 180 g/mol. The summed E-state index contributed by atoms with van der Waals surface area (Å²) in [5.74, 6) is -1.37. The van der Waals surface area contributed by atoms with Crippen LogP contribution in [0.15, 0.2) is 18.5 Å². The molecule has 3 N–H and O–H groups in total. The summed E-state index contributed by atoms with van der Waals surface area (Å²) in [5.41, 5.74) is 7.38. The highest BCUT2D eigenvalue weighted by Crippen LogP contribution is 2.11. The largest absolute Gasteiger partial charge is 0.481 e. The summed E-state index contributed by atoms with van der Waals surface area (Å²) < 4.78 is 0. The smallest absolute Gasteiger partial charge is 0.308 e. The number of carboxylic acids is 1. The normalized spacial score (nSPS) is 12.4. The number of hydrogen-bond acceptors (Lipinski definition) is 3. The number of hydrogen-bond donors (Lipinski definition) is 2. The van der Waals surface area contributed by atoms with Gasteiger partial charge in [-0.25, -0.2) is 0 Å². The molecule has 0 saturated carbocycles. The molecule has 4 heteroatoms. The molecule has 1 heterocycles. The predicted molar refractivity (Wildman–Crippen MR) is 52.9 cm³/mol. The van der Waals surface area contributed by atoms with E-state index >= 15 is 0 Å². The minimum atomic E-state index is -0.851. The number of carboxylic acid groups (broad SMARTS) is 1. The summed E-state index contributed by atoms with van der Waals surface area (Å²) >= 11 is 0. The molecule has 0 aliphatic carbocycles. The average molecular weight is 194 g/mol. The molecule has 14 heavy (non-hydrogen) atoms. The van der Waals surface area contributed by atoms with Crippen LogP contribution in [0.25, 0.3) is 0 Å². The van der Waals surface area contributed by atoms with Gasteiger partial charge in [-0.3, -0.25) is 9.78 Å². The lowest BCUT2D eigenvalue weighted by Crippen LogP contribution is -2.25. The van der Waals surface area contributed by atoms with Crippen LogP contribution in [0.4, 0.5) is 0 Å². The van der Waals surface area contributed by atoms with E-state index in [1.165, 1.54) is 0 Å². The Balaban J connectivity index is 2.77. The molecule has 1 rings (SSSR count). The number of pyridine rings is 1. The van der Waals surface area contributed by atoms with E-state index in [-0.39, 0.29) is 6.54 Å². The molecule has 0 aromatic carbocycles. The second kappa shape index (κ2) is 4.72. The maximum atomic E-state index is 10.7. The molecule has 0 spiro atoms. The zero-order chi connectivity index (χ0) is 10.6. The second-order valence-corrected chi connectivity index (χ2v) is 3.28. The van der Waals surface area contributed by atoms with Crippen LogP contribution >= 0.6 is 0 Å². The highest BCUT2D eigenvalue weighted by atomic mass is 16.4. The average Bonchev–Trinajstić information content (AvgIpc) is 2.16. The molecule has 1 aromatic heterocycles.